The minimum Gasteiger partial charge on any atom is -0.491 e. The summed E-state index contributed by atoms with van der Waals surface area (Å²) < 4.78 is 17.4. The largest absolute Gasteiger partial charge is 0.491 e. The van der Waals surface area contributed by atoms with Crippen molar-refractivity contribution in [2.75, 3.05) is 12.4 Å². The van der Waals surface area contributed by atoms with Crippen LogP contribution < -0.4 is 4.74 Å². The molecule has 0 bridgehead atoms. The Kier molecular flexibility index (Phi) is 6.70. The van der Waals surface area contributed by atoms with E-state index in [1.54, 1.807) is 36.4 Å². The molecule has 0 amide bonds. The van der Waals surface area contributed by atoms with Crippen molar-refractivity contribution in [2.24, 2.45) is 0 Å². The summed E-state index contributed by atoms with van der Waals surface area (Å²) in [5.74, 6) is 1.16. The molecule has 6 heteroatoms. The smallest absolute Gasteiger partial charge is 0.119 e. The van der Waals surface area contributed by atoms with Crippen LogP contribution in [0.15, 0.2) is 48.5 Å². The van der Waals surface area contributed by atoms with E-state index >= 15 is 0 Å². The molecule has 2 aromatic carbocycles. The molecular formula is C16H16Cl2O3S. The lowest BCUT2D eigenvalue weighted by molar-refractivity contribution is 0.125. The van der Waals surface area contributed by atoms with E-state index in [0.29, 0.717) is 21.5 Å². The molecule has 0 unspecified atom stereocenters. The van der Waals surface area contributed by atoms with E-state index < -0.39 is 16.9 Å². The van der Waals surface area contributed by atoms with E-state index in [9.17, 15) is 9.32 Å². The molecule has 3 nitrogen and oxygen atoms in total. The molecule has 0 heterocycles. The summed E-state index contributed by atoms with van der Waals surface area (Å²) in [6.45, 7) is 0.0913. The monoisotopic (exact) mass is 358 g/mol. The molecule has 0 saturated heterocycles. The van der Waals surface area contributed by atoms with E-state index in [4.69, 9.17) is 27.9 Å². The molecule has 2 atom stereocenters. The number of ether oxygens (including phenoxy) is 1. The first kappa shape index (κ1) is 17.3. The number of aliphatic hydroxyl groups is 1. The highest BCUT2D eigenvalue weighted by Crippen LogP contribution is 2.16. The molecule has 118 valence electrons. The lowest BCUT2D eigenvalue weighted by Crippen LogP contribution is -2.24. The van der Waals surface area contributed by atoms with Crippen LogP contribution >= 0.6 is 23.2 Å². The van der Waals surface area contributed by atoms with Gasteiger partial charge < -0.3 is 9.84 Å². The third-order valence-corrected chi connectivity index (χ3v) is 4.79. The summed E-state index contributed by atoms with van der Waals surface area (Å²) in [5.41, 5.74) is 0.925. The van der Waals surface area contributed by atoms with Crippen LogP contribution in [0.1, 0.15) is 5.56 Å². The van der Waals surface area contributed by atoms with Gasteiger partial charge in [-0.1, -0.05) is 35.3 Å². The average molecular weight is 359 g/mol. The van der Waals surface area contributed by atoms with Crippen molar-refractivity contribution in [3.8, 4) is 5.75 Å². The van der Waals surface area contributed by atoms with Crippen molar-refractivity contribution in [2.45, 2.75) is 11.9 Å². The predicted molar refractivity (Wildman–Crippen MR) is 91.1 cm³/mol. The second-order valence-corrected chi connectivity index (χ2v) is 7.17. The van der Waals surface area contributed by atoms with E-state index in [-0.39, 0.29) is 12.4 Å². The maximum atomic E-state index is 12.0. The third kappa shape index (κ3) is 5.97. The lowest BCUT2D eigenvalue weighted by Gasteiger charge is -2.12. The van der Waals surface area contributed by atoms with Crippen molar-refractivity contribution >= 4 is 34.0 Å². The van der Waals surface area contributed by atoms with Crippen molar-refractivity contribution in [3.05, 3.63) is 64.1 Å². The molecule has 0 spiro atoms. The maximum Gasteiger partial charge on any atom is 0.119 e. The van der Waals surface area contributed by atoms with Crippen LogP contribution in [0.2, 0.25) is 10.0 Å². The Bertz CT molecular complexity index is 614. The summed E-state index contributed by atoms with van der Waals surface area (Å²) in [6, 6.07) is 14.0. The zero-order valence-corrected chi connectivity index (χ0v) is 14.1. The average Bonchev–Trinajstić information content (AvgIpc) is 2.49. The van der Waals surface area contributed by atoms with Gasteiger partial charge in [0.15, 0.2) is 0 Å². The number of halogens is 2. The topological polar surface area (TPSA) is 46.5 Å². The molecule has 2 aromatic rings. The number of rotatable bonds is 7. The molecule has 0 fully saturated rings. The van der Waals surface area contributed by atoms with Gasteiger partial charge in [0, 0.05) is 26.6 Å². The molecule has 0 aliphatic rings. The summed E-state index contributed by atoms with van der Waals surface area (Å²) in [4.78, 5) is 0. The van der Waals surface area contributed by atoms with Crippen LogP contribution in [-0.2, 0) is 16.6 Å². The fourth-order valence-corrected chi connectivity index (χ4v) is 3.27. The molecule has 0 aromatic heterocycles. The Morgan fingerprint density at radius 1 is 1.00 bits per heavy atom. The number of benzene rings is 2. The van der Waals surface area contributed by atoms with E-state index in [1.807, 2.05) is 12.1 Å². The molecule has 0 saturated carbocycles. The maximum absolute atomic E-state index is 12.0. The standard InChI is InChI=1S/C16H16Cl2O3S/c17-13-3-1-12(2-4-13)10-22(20)11-15(19)9-21-16-7-5-14(18)6-8-16/h1-8,15,19H,9-11H2/t15-,22-/m1/s1. The van der Waals surface area contributed by atoms with Gasteiger partial charge in [0.1, 0.15) is 12.4 Å². The highest BCUT2D eigenvalue weighted by Gasteiger charge is 2.11. The van der Waals surface area contributed by atoms with Crippen LogP contribution in [0, 0.1) is 0 Å². The molecule has 0 radical (unpaired) electrons. The van der Waals surface area contributed by atoms with Crippen molar-refractivity contribution in [1.82, 2.24) is 0 Å². The zero-order valence-electron chi connectivity index (χ0n) is 11.7. The normalized spacial score (nSPS) is 13.6. The second kappa shape index (κ2) is 8.53. The Hall–Kier alpha value is -1.07. The Balaban J connectivity index is 1.76. The SMILES string of the molecule is O=[S@](Cc1ccc(Cl)cc1)C[C@H](O)COc1ccc(Cl)cc1. The highest BCUT2D eigenvalue weighted by atomic mass is 35.5. The van der Waals surface area contributed by atoms with Gasteiger partial charge in [-0.15, -0.1) is 0 Å². The zero-order chi connectivity index (χ0) is 15.9. The first-order valence-corrected chi connectivity index (χ1v) is 8.93. The quantitative estimate of drug-likeness (QED) is 0.820. The highest BCUT2D eigenvalue weighted by molar-refractivity contribution is 7.84. The summed E-state index contributed by atoms with van der Waals surface area (Å²) in [5, 5.41) is 11.2. The molecule has 0 aliphatic heterocycles. The van der Waals surface area contributed by atoms with Crippen LogP contribution in [-0.4, -0.2) is 27.8 Å². The van der Waals surface area contributed by atoms with Gasteiger partial charge in [-0.25, -0.2) is 0 Å². The minimum absolute atomic E-state index is 0.0913. The van der Waals surface area contributed by atoms with Gasteiger partial charge in [-0.2, -0.15) is 0 Å². The molecule has 22 heavy (non-hydrogen) atoms. The van der Waals surface area contributed by atoms with Crippen molar-refractivity contribution < 1.29 is 14.1 Å². The Labute approximate surface area is 142 Å². The van der Waals surface area contributed by atoms with E-state index in [2.05, 4.69) is 0 Å². The van der Waals surface area contributed by atoms with Crippen molar-refractivity contribution in [1.29, 1.82) is 0 Å². The predicted octanol–water partition coefficient (Wildman–Crippen LogP) is 3.68. The Morgan fingerprint density at radius 2 is 1.55 bits per heavy atom. The van der Waals surface area contributed by atoms with E-state index in [1.165, 1.54) is 0 Å². The van der Waals surface area contributed by atoms with Gasteiger partial charge >= 0.3 is 0 Å². The van der Waals surface area contributed by atoms with Gasteiger partial charge in [-0.05, 0) is 42.0 Å². The number of aliphatic hydroxyl groups excluding tert-OH is 1. The fourth-order valence-electron chi connectivity index (χ4n) is 1.81. The minimum atomic E-state index is -1.16. The summed E-state index contributed by atoms with van der Waals surface area (Å²) in [6.07, 6.45) is -0.788. The molecule has 2 rings (SSSR count). The number of hydrogen-bond acceptors (Lipinski definition) is 3. The third-order valence-electron chi connectivity index (χ3n) is 2.88. The first-order chi connectivity index (χ1) is 10.5. The van der Waals surface area contributed by atoms with Crippen LogP contribution in [0.3, 0.4) is 0 Å². The Morgan fingerprint density at radius 3 is 2.14 bits per heavy atom. The molecular weight excluding hydrogens is 343 g/mol. The fraction of sp³-hybridized carbons (Fsp3) is 0.250. The summed E-state index contributed by atoms with van der Waals surface area (Å²) in [7, 11) is -1.16. The van der Waals surface area contributed by atoms with Crippen LogP contribution in [0.4, 0.5) is 0 Å². The second-order valence-electron chi connectivity index (χ2n) is 4.80. The van der Waals surface area contributed by atoms with Crippen LogP contribution in [0.25, 0.3) is 0 Å². The summed E-state index contributed by atoms with van der Waals surface area (Å²) >= 11 is 11.6. The van der Waals surface area contributed by atoms with Gasteiger partial charge in [0.2, 0.25) is 0 Å². The van der Waals surface area contributed by atoms with Gasteiger partial charge in [-0.3, -0.25) is 4.21 Å². The van der Waals surface area contributed by atoms with Crippen LogP contribution in [0.5, 0.6) is 5.75 Å². The first-order valence-electron chi connectivity index (χ1n) is 6.69. The number of hydrogen-bond donors (Lipinski definition) is 1. The van der Waals surface area contributed by atoms with E-state index in [0.717, 1.165) is 5.56 Å². The van der Waals surface area contributed by atoms with Gasteiger partial charge in [0.05, 0.1) is 11.9 Å². The van der Waals surface area contributed by atoms with Gasteiger partial charge in [0.25, 0.3) is 0 Å². The lowest BCUT2D eigenvalue weighted by atomic mass is 10.2. The molecule has 1 N–H and O–H groups in total. The molecule has 0 aliphatic carbocycles. The van der Waals surface area contributed by atoms with Crippen molar-refractivity contribution in [3.63, 3.8) is 0 Å².